The Labute approximate surface area is 122 Å². The lowest BCUT2D eigenvalue weighted by Crippen LogP contribution is -2.42. The number of carbonyl (C=O) groups excluding carboxylic acids is 1. The van der Waals surface area contributed by atoms with Gasteiger partial charge in [0.05, 0.1) is 6.42 Å². The third kappa shape index (κ3) is 6.92. The fourth-order valence-corrected chi connectivity index (χ4v) is 2.98. The van der Waals surface area contributed by atoms with Gasteiger partial charge in [-0.15, -0.1) is 0 Å². The van der Waals surface area contributed by atoms with Gasteiger partial charge in [0.25, 0.3) is 0 Å². The van der Waals surface area contributed by atoms with Gasteiger partial charge in [-0.25, -0.2) is 0 Å². The standard InChI is InChI=1S/C16H29NO3/c1-16(2,3)11-13(10-14(18)19)17-15(20)12-8-6-4-5-7-9-12/h12-13H,4-11H2,1-3H3,(H,17,20)(H,18,19). The van der Waals surface area contributed by atoms with Crippen LogP contribution in [-0.2, 0) is 9.59 Å². The molecule has 20 heavy (non-hydrogen) atoms. The van der Waals surface area contributed by atoms with Crippen LogP contribution >= 0.6 is 0 Å². The van der Waals surface area contributed by atoms with E-state index in [1.54, 1.807) is 0 Å². The van der Waals surface area contributed by atoms with Crippen LogP contribution in [0.3, 0.4) is 0 Å². The van der Waals surface area contributed by atoms with Crippen molar-refractivity contribution in [3.63, 3.8) is 0 Å². The quantitative estimate of drug-likeness (QED) is 0.760. The molecule has 1 rings (SSSR count). The predicted molar refractivity (Wildman–Crippen MR) is 79.4 cm³/mol. The van der Waals surface area contributed by atoms with Crippen LogP contribution < -0.4 is 5.32 Å². The van der Waals surface area contributed by atoms with Crippen molar-refractivity contribution in [3.8, 4) is 0 Å². The van der Waals surface area contributed by atoms with Gasteiger partial charge < -0.3 is 10.4 Å². The highest BCUT2D eigenvalue weighted by Gasteiger charge is 2.26. The summed E-state index contributed by atoms with van der Waals surface area (Å²) in [5.74, 6) is -0.712. The third-order valence-corrected chi connectivity index (χ3v) is 3.85. The Morgan fingerprint density at radius 3 is 2.15 bits per heavy atom. The van der Waals surface area contributed by atoms with E-state index >= 15 is 0 Å². The maximum atomic E-state index is 12.3. The first-order valence-corrected chi connectivity index (χ1v) is 7.80. The third-order valence-electron chi connectivity index (χ3n) is 3.85. The summed E-state index contributed by atoms with van der Waals surface area (Å²) in [4.78, 5) is 23.3. The first-order chi connectivity index (χ1) is 9.28. The minimum absolute atomic E-state index is 0.00965. The van der Waals surface area contributed by atoms with Crippen molar-refractivity contribution in [2.75, 3.05) is 0 Å². The number of aliphatic carboxylic acids is 1. The summed E-state index contributed by atoms with van der Waals surface area (Å²) < 4.78 is 0. The van der Waals surface area contributed by atoms with Crippen LogP contribution in [0.2, 0.25) is 0 Å². The monoisotopic (exact) mass is 283 g/mol. The van der Waals surface area contributed by atoms with E-state index in [0.29, 0.717) is 6.42 Å². The number of nitrogens with one attached hydrogen (secondary N) is 1. The Hall–Kier alpha value is -1.06. The molecule has 0 bridgehead atoms. The summed E-state index contributed by atoms with van der Waals surface area (Å²) >= 11 is 0. The Bertz CT molecular complexity index is 325. The molecule has 4 nitrogen and oxygen atoms in total. The SMILES string of the molecule is CC(C)(C)CC(CC(=O)O)NC(=O)C1CCCCCC1. The summed E-state index contributed by atoms with van der Waals surface area (Å²) in [7, 11) is 0. The van der Waals surface area contributed by atoms with Crippen molar-refractivity contribution in [3.05, 3.63) is 0 Å². The molecule has 1 atom stereocenters. The fraction of sp³-hybridized carbons (Fsp3) is 0.875. The van der Waals surface area contributed by atoms with Crippen molar-refractivity contribution in [2.45, 2.75) is 78.2 Å². The van der Waals surface area contributed by atoms with Crippen LogP contribution in [0.25, 0.3) is 0 Å². The largest absolute Gasteiger partial charge is 0.481 e. The number of carboxylic acids is 1. The average molecular weight is 283 g/mol. The van der Waals surface area contributed by atoms with E-state index in [1.165, 1.54) is 12.8 Å². The minimum Gasteiger partial charge on any atom is -0.481 e. The van der Waals surface area contributed by atoms with Crippen molar-refractivity contribution >= 4 is 11.9 Å². The van der Waals surface area contributed by atoms with Gasteiger partial charge in [0.1, 0.15) is 0 Å². The van der Waals surface area contributed by atoms with Gasteiger partial charge in [0, 0.05) is 12.0 Å². The molecule has 0 heterocycles. The zero-order valence-corrected chi connectivity index (χ0v) is 13.1. The van der Waals surface area contributed by atoms with E-state index in [0.717, 1.165) is 25.7 Å². The summed E-state index contributed by atoms with van der Waals surface area (Å²) in [6, 6.07) is -0.261. The van der Waals surface area contributed by atoms with Gasteiger partial charge in [0.15, 0.2) is 0 Å². The second-order valence-corrected chi connectivity index (χ2v) is 7.26. The number of amides is 1. The molecule has 1 amide bonds. The number of hydrogen-bond acceptors (Lipinski definition) is 2. The molecule has 1 aliphatic carbocycles. The predicted octanol–water partition coefficient (Wildman–Crippen LogP) is 3.35. The Morgan fingerprint density at radius 1 is 1.15 bits per heavy atom. The van der Waals surface area contributed by atoms with E-state index in [-0.39, 0.29) is 29.7 Å². The highest BCUT2D eigenvalue weighted by molar-refractivity contribution is 5.79. The lowest BCUT2D eigenvalue weighted by Gasteiger charge is -2.27. The molecule has 1 aliphatic rings. The van der Waals surface area contributed by atoms with Gasteiger partial charge >= 0.3 is 5.97 Å². The zero-order valence-electron chi connectivity index (χ0n) is 13.1. The van der Waals surface area contributed by atoms with Crippen LogP contribution in [-0.4, -0.2) is 23.0 Å². The van der Waals surface area contributed by atoms with E-state index in [4.69, 9.17) is 5.11 Å². The van der Waals surface area contributed by atoms with Gasteiger partial charge in [-0.1, -0.05) is 46.5 Å². The minimum atomic E-state index is -0.847. The molecule has 0 spiro atoms. The molecule has 1 saturated carbocycles. The second kappa shape index (κ2) is 7.65. The Balaban J connectivity index is 2.57. The molecule has 4 heteroatoms. The van der Waals surface area contributed by atoms with Gasteiger partial charge in [-0.2, -0.15) is 0 Å². The first-order valence-electron chi connectivity index (χ1n) is 7.80. The lowest BCUT2D eigenvalue weighted by molar-refractivity contribution is -0.138. The number of hydrogen-bond donors (Lipinski definition) is 2. The first kappa shape index (κ1) is 17.0. The van der Waals surface area contributed by atoms with Crippen LogP contribution in [0.4, 0.5) is 0 Å². The number of rotatable bonds is 5. The summed E-state index contributed by atoms with van der Waals surface area (Å²) in [6.45, 7) is 6.21. The molecular formula is C16H29NO3. The van der Waals surface area contributed by atoms with Crippen LogP contribution in [0.1, 0.15) is 72.1 Å². The molecule has 0 saturated heterocycles. The van der Waals surface area contributed by atoms with Crippen molar-refractivity contribution in [2.24, 2.45) is 11.3 Å². The smallest absolute Gasteiger partial charge is 0.305 e. The molecule has 0 aromatic carbocycles. The maximum Gasteiger partial charge on any atom is 0.305 e. The van der Waals surface area contributed by atoms with Crippen molar-refractivity contribution in [1.29, 1.82) is 0 Å². The molecular weight excluding hydrogens is 254 g/mol. The number of carbonyl (C=O) groups is 2. The number of carboxylic acid groups (broad SMARTS) is 1. The molecule has 0 radical (unpaired) electrons. The van der Waals surface area contributed by atoms with Crippen molar-refractivity contribution < 1.29 is 14.7 Å². The zero-order chi connectivity index (χ0) is 15.2. The van der Waals surface area contributed by atoms with E-state index < -0.39 is 5.97 Å². The molecule has 2 N–H and O–H groups in total. The van der Waals surface area contributed by atoms with E-state index in [9.17, 15) is 9.59 Å². The molecule has 0 aromatic heterocycles. The lowest BCUT2D eigenvalue weighted by atomic mass is 9.86. The van der Waals surface area contributed by atoms with Gasteiger partial charge in [0.2, 0.25) is 5.91 Å². The molecule has 0 aliphatic heterocycles. The van der Waals surface area contributed by atoms with Crippen LogP contribution in [0.15, 0.2) is 0 Å². The normalized spacial score (nSPS) is 19.1. The average Bonchev–Trinajstić information content (AvgIpc) is 2.53. The Kier molecular flexibility index (Phi) is 6.50. The summed E-state index contributed by atoms with van der Waals surface area (Å²) in [6.07, 6.45) is 7.24. The fourth-order valence-electron chi connectivity index (χ4n) is 2.98. The highest BCUT2D eigenvalue weighted by atomic mass is 16.4. The van der Waals surface area contributed by atoms with E-state index in [1.807, 2.05) is 0 Å². The van der Waals surface area contributed by atoms with Crippen LogP contribution in [0, 0.1) is 11.3 Å². The summed E-state index contributed by atoms with van der Waals surface area (Å²) in [5, 5.41) is 12.0. The molecule has 1 unspecified atom stereocenters. The molecule has 116 valence electrons. The Morgan fingerprint density at radius 2 is 1.70 bits per heavy atom. The second-order valence-electron chi connectivity index (χ2n) is 7.26. The van der Waals surface area contributed by atoms with E-state index in [2.05, 4.69) is 26.1 Å². The van der Waals surface area contributed by atoms with Gasteiger partial charge in [-0.05, 0) is 24.7 Å². The topological polar surface area (TPSA) is 66.4 Å². The van der Waals surface area contributed by atoms with Crippen LogP contribution in [0.5, 0.6) is 0 Å². The van der Waals surface area contributed by atoms with Gasteiger partial charge in [-0.3, -0.25) is 9.59 Å². The summed E-state index contributed by atoms with van der Waals surface area (Å²) in [5.41, 5.74) is 0.0108. The molecule has 1 fully saturated rings. The van der Waals surface area contributed by atoms with Crippen molar-refractivity contribution in [1.82, 2.24) is 5.32 Å². The highest BCUT2D eigenvalue weighted by Crippen LogP contribution is 2.25. The maximum absolute atomic E-state index is 12.3. The molecule has 0 aromatic rings.